The Balaban J connectivity index is 1.37. The summed E-state index contributed by atoms with van der Waals surface area (Å²) in [6.45, 7) is 3.07. The molecule has 0 saturated carbocycles. The Kier molecular flexibility index (Phi) is 4.54. The van der Waals surface area contributed by atoms with Gasteiger partial charge in [0.25, 0.3) is 0 Å². The number of hydrogen-bond donors (Lipinski definition) is 0. The molecule has 1 fully saturated rings. The highest BCUT2D eigenvalue weighted by atomic mass is 16.5. The van der Waals surface area contributed by atoms with E-state index in [9.17, 15) is 4.79 Å². The standard InChI is InChI=1S/C23H23N3O3/c1-2-28-20-9-4-3-8-19(20)22-24-23(29-25-22)17-13-21(27)26(14-17)18-11-10-15-6-5-7-16(15)12-18/h3-4,8-12,17H,2,5-7,13-14H2,1H3. The van der Waals surface area contributed by atoms with Crippen LogP contribution < -0.4 is 9.64 Å². The van der Waals surface area contributed by atoms with E-state index in [1.807, 2.05) is 36.1 Å². The van der Waals surface area contributed by atoms with E-state index in [4.69, 9.17) is 9.26 Å². The Hall–Kier alpha value is -3.15. The minimum absolute atomic E-state index is 0.0995. The molecule has 5 rings (SSSR count). The van der Waals surface area contributed by atoms with Crippen LogP contribution in [0.1, 0.15) is 42.7 Å². The van der Waals surface area contributed by atoms with Gasteiger partial charge in [0.15, 0.2) is 0 Å². The number of anilines is 1. The molecular weight excluding hydrogens is 366 g/mol. The first-order valence-corrected chi connectivity index (χ1v) is 10.2. The molecule has 6 nitrogen and oxygen atoms in total. The number of para-hydroxylation sites is 1. The van der Waals surface area contributed by atoms with Gasteiger partial charge in [-0.05, 0) is 61.6 Å². The molecule has 3 aromatic rings. The summed E-state index contributed by atoms with van der Waals surface area (Å²) in [4.78, 5) is 19.1. The Morgan fingerprint density at radius 2 is 2.03 bits per heavy atom. The van der Waals surface area contributed by atoms with Gasteiger partial charge in [-0.3, -0.25) is 4.79 Å². The second-order valence-corrected chi connectivity index (χ2v) is 7.60. The quantitative estimate of drug-likeness (QED) is 0.656. The lowest BCUT2D eigenvalue weighted by atomic mass is 10.1. The fourth-order valence-corrected chi connectivity index (χ4v) is 4.29. The number of hydrogen-bond acceptors (Lipinski definition) is 5. The molecule has 2 aromatic carbocycles. The van der Waals surface area contributed by atoms with Crippen molar-refractivity contribution in [3.63, 3.8) is 0 Å². The number of aromatic nitrogens is 2. The molecule has 0 bridgehead atoms. The van der Waals surface area contributed by atoms with Gasteiger partial charge in [-0.25, -0.2) is 0 Å². The zero-order valence-electron chi connectivity index (χ0n) is 16.4. The summed E-state index contributed by atoms with van der Waals surface area (Å²) >= 11 is 0. The lowest BCUT2D eigenvalue weighted by Gasteiger charge is -2.17. The van der Waals surface area contributed by atoms with Gasteiger partial charge in [0.1, 0.15) is 5.75 Å². The van der Waals surface area contributed by atoms with Crippen molar-refractivity contribution < 1.29 is 14.1 Å². The number of benzene rings is 2. The van der Waals surface area contributed by atoms with Crippen molar-refractivity contribution in [1.29, 1.82) is 0 Å². The molecule has 1 atom stereocenters. The molecule has 0 N–H and O–H groups in total. The van der Waals surface area contributed by atoms with Crippen molar-refractivity contribution in [3.05, 3.63) is 59.5 Å². The van der Waals surface area contributed by atoms with E-state index in [2.05, 4.69) is 28.3 Å². The van der Waals surface area contributed by atoms with Gasteiger partial charge in [0, 0.05) is 18.7 Å². The second kappa shape index (κ2) is 7.35. The van der Waals surface area contributed by atoms with Crippen molar-refractivity contribution in [1.82, 2.24) is 10.1 Å². The van der Waals surface area contributed by atoms with Crippen molar-refractivity contribution in [2.45, 2.75) is 38.5 Å². The fraction of sp³-hybridized carbons (Fsp3) is 0.348. The SMILES string of the molecule is CCOc1ccccc1-c1noc(C2CC(=O)N(c3ccc4c(c3)CCC4)C2)n1. The number of fused-ring (bicyclic) bond motifs is 1. The molecule has 1 aromatic heterocycles. The molecule has 2 aliphatic rings. The molecule has 1 aliphatic heterocycles. The molecule has 1 aliphatic carbocycles. The first kappa shape index (κ1) is 17.9. The van der Waals surface area contributed by atoms with E-state index in [0.29, 0.717) is 31.3 Å². The van der Waals surface area contributed by atoms with Gasteiger partial charge in [0.2, 0.25) is 17.6 Å². The summed E-state index contributed by atoms with van der Waals surface area (Å²) in [5.41, 5.74) is 4.54. The fourth-order valence-electron chi connectivity index (χ4n) is 4.29. The van der Waals surface area contributed by atoms with E-state index in [0.717, 1.165) is 29.8 Å². The molecule has 1 saturated heterocycles. The van der Waals surface area contributed by atoms with Gasteiger partial charge in [-0.1, -0.05) is 23.4 Å². The van der Waals surface area contributed by atoms with E-state index >= 15 is 0 Å². The van der Waals surface area contributed by atoms with Gasteiger partial charge in [-0.2, -0.15) is 4.98 Å². The Morgan fingerprint density at radius 3 is 2.93 bits per heavy atom. The predicted octanol–water partition coefficient (Wildman–Crippen LogP) is 4.14. The summed E-state index contributed by atoms with van der Waals surface area (Å²) in [6.07, 6.45) is 3.82. The maximum absolute atomic E-state index is 12.7. The van der Waals surface area contributed by atoms with Crippen LogP contribution in [0.15, 0.2) is 47.0 Å². The summed E-state index contributed by atoms with van der Waals surface area (Å²) in [5.74, 6) is 1.72. The molecule has 2 heterocycles. The first-order chi connectivity index (χ1) is 14.2. The number of carbonyl (C=O) groups excluding carboxylic acids is 1. The number of amides is 1. The summed E-state index contributed by atoms with van der Waals surface area (Å²) in [5, 5.41) is 4.15. The third-order valence-corrected chi connectivity index (χ3v) is 5.74. The van der Waals surface area contributed by atoms with Crippen LogP contribution in [0.25, 0.3) is 11.4 Å². The third kappa shape index (κ3) is 3.28. The van der Waals surface area contributed by atoms with Crippen LogP contribution in [0.3, 0.4) is 0 Å². The molecule has 0 spiro atoms. The maximum atomic E-state index is 12.7. The highest BCUT2D eigenvalue weighted by molar-refractivity contribution is 5.96. The largest absolute Gasteiger partial charge is 0.493 e. The normalized spacial score (nSPS) is 18.3. The number of ether oxygens (including phenoxy) is 1. The van der Waals surface area contributed by atoms with E-state index < -0.39 is 0 Å². The summed E-state index contributed by atoms with van der Waals surface area (Å²) in [6, 6.07) is 14.0. The average molecular weight is 389 g/mol. The Morgan fingerprint density at radius 1 is 1.17 bits per heavy atom. The summed E-state index contributed by atoms with van der Waals surface area (Å²) < 4.78 is 11.2. The zero-order valence-corrected chi connectivity index (χ0v) is 16.4. The van der Waals surface area contributed by atoms with Crippen LogP contribution in [0.2, 0.25) is 0 Å². The third-order valence-electron chi connectivity index (χ3n) is 5.74. The van der Waals surface area contributed by atoms with Crippen LogP contribution in [0.5, 0.6) is 5.75 Å². The molecule has 1 unspecified atom stereocenters. The predicted molar refractivity (Wildman–Crippen MR) is 109 cm³/mol. The number of aryl methyl sites for hydroxylation is 2. The Bertz CT molecular complexity index is 1060. The minimum atomic E-state index is -0.101. The molecule has 29 heavy (non-hydrogen) atoms. The highest BCUT2D eigenvalue weighted by Crippen LogP contribution is 2.35. The lowest BCUT2D eigenvalue weighted by Crippen LogP contribution is -2.24. The number of rotatable bonds is 5. The monoisotopic (exact) mass is 389 g/mol. The summed E-state index contributed by atoms with van der Waals surface area (Å²) in [7, 11) is 0. The average Bonchev–Trinajstić information content (AvgIpc) is 3.47. The van der Waals surface area contributed by atoms with Gasteiger partial charge < -0.3 is 14.2 Å². The smallest absolute Gasteiger partial charge is 0.232 e. The van der Waals surface area contributed by atoms with Crippen molar-refractivity contribution in [2.24, 2.45) is 0 Å². The zero-order chi connectivity index (χ0) is 19.8. The van der Waals surface area contributed by atoms with Crippen LogP contribution in [0.4, 0.5) is 5.69 Å². The molecular formula is C23H23N3O3. The van der Waals surface area contributed by atoms with Crippen molar-refractivity contribution in [2.75, 3.05) is 18.1 Å². The molecule has 0 radical (unpaired) electrons. The topological polar surface area (TPSA) is 68.5 Å². The number of nitrogens with zero attached hydrogens (tertiary/aromatic N) is 3. The first-order valence-electron chi connectivity index (χ1n) is 10.2. The minimum Gasteiger partial charge on any atom is -0.493 e. The number of carbonyl (C=O) groups is 1. The van der Waals surface area contributed by atoms with Crippen LogP contribution >= 0.6 is 0 Å². The van der Waals surface area contributed by atoms with Crippen LogP contribution in [-0.2, 0) is 17.6 Å². The second-order valence-electron chi connectivity index (χ2n) is 7.60. The van der Waals surface area contributed by atoms with Crippen molar-refractivity contribution in [3.8, 4) is 17.1 Å². The molecule has 6 heteroatoms. The van der Waals surface area contributed by atoms with E-state index in [-0.39, 0.29) is 11.8 Å². The van der Waals surface area contributed by atoms with E-state index in [1.54, 1.807) is 0 Å². The Labute approximate surface area is 169 Å². The van der Waals surface area contributed by atoms with Gasteiger partial charge >= 0.3 is 0 Å². The lowest BCUT2D eigenvalue weighted by molar-refractivity contribution is -0.117. The molecule has 148 valence electrons. The van der Waals surface area contributed by atoms with Crippen LogP contribution in [0, 0.1) is 0 Å². The maximum Gasteiger partial charge on any atom is 0.232 e. The molecule has 1 amide bonds. The van der Waals surface area contributed by atoms with Crippen LogP contribution in [-0.4, -0.2) is 29.2 Å². The van der Waals surface area contributed by atoms with Gasteiger partial charge in [-0.15, -0.1) is 0 Å². The van der Waals surface area contributed by atoms with E-state index in [1.165, 1.54) is 17.5 Å². The van der Waals surface area contributed by atoms with Crippen molar-refractivity contribution >= 4 is 11.6 Å². The highest BCUT2D eigenvalue weighted by Gasteiger charge is 2.35. The van der Waals surface area contributed by atoms with Gasteiger partial charge in [0.05, 0.1) is 18.1 Å².